The van der Waals surface area contributed by atoms with Crippen molar-refractivity contribution >= 4 is 11.3 Å². The third-order valence-corrected chi connectivity index (χ3v) is 5.74. The van der Waals surface area contributed by atoms with Crippen LogP contribution in [0.5, 0.6) is 0 Å². The highest BCUT2D eigenvalue weighted by Crippen LogP contribution is 2.32. The van der Waals surface area contributed by atoms with Gasteiger partial charge in [-0.3, -0.25) is 4.90 Å². The summed E-state index contributed by atoms with van der Waals surface area (Å²) in [5.74, 6) is 0. The summed E-state index contributed by atoms with van der Waals surface area (Å²) < 4.78 is 0. The highest BCUT2D eigenvalue weighted by Gasteiger charge is 2.26. The lowest BCUT2D eigenvalue weighted by Crippen LogP contribution is -2.30. The topological polar surface area (TPSA) is 31.4 Å². The van der Waals surface area contributed by atoms with Crippen LogP contribution < -0.4 is 5.32 Å². The fourth-order valence-corrected chi connectivity index (χ4v) is 4.22. The van der Waals surface area contributed by atoms with Crippen molar-refractivity contribution in [3.05, 3.63) is 15.6 Å². The molecule has 2 rings (SSSR count). The van der Waals surface area contributed by atoms with E-state index < -0.39 is 0 Å². The Morgan fingerprint density at radius 2 is 2.14 bits per heavy atom. The second-order valence-electron chi connectivity index (χ2n) is 6.29. The van der Waals surface area contributed by atoms with E-state index in [4.69, 9.17) is 4.98 Å². The van der Waals surface area contributed by atoms with Crippen LogP contribution in [0.2, 0.25) is 0 Å². The van der Waals surface area contributed by atoms with Crippen LogP contribution in [0.25, 0.3) is 0 Å². The van der Waals surface area contributed by atoms with Gasteiger partial charge >= 0.3 is 0 Å². The molecule has 0 amide bonds. The van der Waals surface area contributed by atoms with E-state index >= 15 is 0 Å². The van der Waals surface area contributed by atoms with Crippen molar-refractivity contribution in [1.29, 1.82) is 0 Å². The lowest BCUT2D eigenvalue weighted by Gasteiger charge is -2.25. The summed E-state index contributed by atoms with van der Waals surface area (Å²) in [5.41, 5.74) is 1.20. The summed E-state index contributed by atoms with van der Waals surface area (Å²) in [7, 11) is 4.46. The van der Waals surface area contributed by atoms with Gasteiger partial charge in [0.25, 0.3) is 0 Å². The molecule has 5 heteroatoms. The number of hydrogen-bond donors (Lipinski definition) is 1. The average Bonchev–Trinajstić information content (AvgIpc) is 2.75. The van der Waals surface area contributed by atoms with Gasteiger partial charge in [-0.1, -0.05) is 6.92 Å². The van der Waals surface area contributed by atoms with E-state index in [1.165, 1.54) is 35.0 Å². The van der Waals surface area contributed by atoms with Gasteiger partial charge in [0.05, 0.1) is 11.7 Å². The zero-order chi connectivity index (χ0) is 15.4. The van der Waals surface area contributed by atoms with Crippen LogP contribution in [0.1, 0.15) is 54.4 Å². The largest absolute Gasteiger partial charge is 0.309 e. The third-order valence-electron chi connectivity index (χ3n) is 4.30. The van der Waals surface area contributed by atoms with Gasteiger partial charge in [0, 0.05) is 17.5 Å². The normalized spacial score (nSPS) is 23.2. The molecule has 1 N–H and O–H groups in total. The number of thiazole rings is 1. The van der Waals surface area contributed by atoms with Crippen molar-refractivity contribution in [2.75, 3.05) is 40.3 Å². The van der Waals surface area contributed by atoms with E-state index in [1.807, 2.05) is 11.3 Å². The van der Waals surface area contributed by atoms with Crippen molar-refractivity contribution in [3.63, 3.8) is 0 Å². The van der Waals surface area contributed by atoms with Crippen LogP contribution in [0.3, 0.4) is 0 Å². The minimum atomic E-state index is 0.407. The van der Waals surface area contributed by atoms with E-state index in [0.717, 1.165) is 19.6 Å². The summed E-state index contributed by atoms with van der Waals surface area (Å²) in [6, 6.07) is 0.846. The number of aromatic nitrogens is 1. The Kier molecular flexibility index (Phi) is 6.17. The predicted molar refractivity (Wildman–Crippen MR) is 91.0 cm³/mol. The zero-order valence-electron chi connectivity index (χ0n) is 14.1. The van der Waals surface area contributed by atoms with Crippen molar-refractivity contribution in [2.45, 2.75) is 45.7 Å². The van der Waals surface area contributed by atoms with Crippen LogP contribution in [0.4, 0.5) is 0 Å². The fourth-order valence-electron chi connectivity index (χ4n) is 2.97. The molecule has 0 aromatic carbocycles. The molecule has 1 aliphatic rings. The first kappa shape index (κ1) is 16.9. The minimum absolute atomic E-state index is 0.407. The molecule has 1 saturated heterocycles. The molecule has 1 aromatic heterocycles. The molecule has 1 aromatic rings. The maximum atomic E-state index is 4.90. The Hall–Kier alpha value is -0.490. The average molecular weight is 311 g/mol. The quantitative estimate of drug-likeness (QED) is 0.906. The number of aryl methyl sites for hydroxylation is 1. The molecule has 2 unspecified atom stereocenters. The molecule has 0 saturated carbocycles. The molecule has 0 aliphatic carbocycles. The van der Waals surface area contributed by atoms with Gasteiger partial charge in [-0.15, -0.1) is 11.3 Å². The summed E-state index contributed by atoms with van der Waals surface area (Å²) in [5, 5.41) is 4.87. The van der Waals surface area contributed by atoms with Crippen LogP contribution in [-0.4, -0.2) is 55.1 Å². The third kappa shape index (κ3) is 4.25. The first-order chi connectivity index (χ1) is 10.0. The molecule has 4 nitrogen and oxygen atoms in total. The number of nitrogens with one attached hydrogen (secondary N) is 1. The zero-order valence-corrected chi connectivity index (χ0v) is 15.0. The van der Waals surface area contributed by atoms with Gasteiger partial charge in [0.15, 0.2) is 0 Å². The van der Waals surface area contributed by atoms with Gasteiger partial charge in [-0.05, 0) is 60.4 Å². The van der Waals surface area contributed by atoms with Gasteiger partial charge in [0.1, 0.15) is 5.01 Å². The Morgan fingerprint density at radius 3 is 2.86 bits per heavy atom. The van der Waals surface area contributed by atoms with Crippen molar-refractivity contribution in [2.24, 2.45) is 0 Å². The summed E-state index contributed by atoms with van der Waals surface area (Å²) in [6.45, 7) is 11.1. The second kappa shape index (κ2) is 7.68. The Balaban J connectivity index is 2.16. The standard InChI is InChI=1S/C16H30N4S/c1-6-8-17-12(2)15-13(3)18-16(21-15)14-11-19(4)9-7-10-20(14)5/h12,14,17H,6-11H2,1-5H3. The highest BCUT2D eigenvalue weighted by atomic mass is 32.1. The minimum Gasteiger partial charge on any atom is -0.309 e. The number of rotatable bonds is 5. The number of likely N-dealkylation sites (N-methyl/N-ethyl adjacent to an activating group) is 2. The van der Waals surface area contributed by atoms with E-state index in [-0.39, 0.29) is 0 Å². The van der Waals surface area contributed by atoms with E-state index in [0.29, 0.717) is 12.1 Å². The molecular weight excluding hydrogens is 280 g/mol. The van der Waals surface area contributed by atoms with Gasteiger partial charge < -0.3 is 10.2 Å². The van der Waals surface area contributed by atoms with Crippen LogP contribution >= 0.6 is 11.3 Å². The summed E-state index contributed by atoms with van der Waals surface area (Å²) >= 11 is 1.90. The van der Waals surface area contributed by atoms with Crippen LogP contribution in [0.15, 0.2) is 0 Å². The highest BCUT2D eigenvalue weighted by molar-refractivity contribution is 7.11. The summed E-state index contributed by atoms with van der Waals surface area (Å²) in [4.78, 5) is 11.2. The number of hydrogen-bond acceptors (Lipinski definition) is 5. The predicted octanol–water partition coefficient (Wildman–Crippen LogP) is 2.82. The lowest BCUT2D eigenvalue weighted by atomic mass is 10.2. The Morgan fingerprint density at radius 1 is 1.38 bits per heavy atom. The number of nitrogens with zero attached hydrogens (tertiary/aromatic N) is 3. The Bertz CT molecular complexity index is 445. The van der Waals surface area contributed by atoms with Gasteiger partial charge in [0.2, 0.25) is 0 Å². The first-order valence-electron chi connectivity index (χ1n) is 8.12. The second-order valence-corrected chi connectivity index (χ2v) is 7.35. The molecule has 0 radical (unpaired) electrons. The van der Waals surface area contributed by atoms with Gasteiger partial charge in [-0.2, -0.15) is 0 Å². The first-order valence-corrected chi connectivity index (χ1v) is 8.94. The molecule has 2 heterocycles. The lowest BCUT2D eigenvalue weighted by molar-refractivity contribution is 0.228. The Labute approximate surface area is 133 Å². The molecule has 2 atom stereocenters. The molecule has 1 fully saturated rings. The molecule has 1 aliphatic heterocycles. The van der Waals surface area contributed by atoms with E-state index in [1.54, 1.807) is 0 Å². The molecule has 21 heavy (non-hydrogen) atoms. The van der Waals surface area contributed by atoms with Gasteiger partial charge in [-0.25, -0.2) is 4.98 Å². The molecular formula is C16H30N4S. The van der Waals surface area contributed by atoms with Crippen LogP contribution in [-0.2, 0) is 0 Å². The van der Waals surface area contributed by atoms with E-state index in [9.17, 15) is 0 Å². The van der Waals surface area contributed by atoms with Crippen molar-refractivity contribution in [3.8, 4) is 0 Å². The maximum Gasteiger partial charge on any atom is 0.112 e. The molecule has 0 spiro atoms. The molecule has 120 valence electrons. The SMILES string of the molecule is CCCNC(C)c1sc(C2CN(C)CCCN2C)nc1C. The van der Waals surface area contributed by atoms with Crippen molar-refractivity contribution in [1.82, 2.24) is 20.1 Å². The maximum absolute atomic E-state index is 4.90. The summed E-state index contributed by atoms with van der Waals surface area (Å²) in [6.07, 6.45) is 2.42. The smallest absolute Gasteiger partial charge is 0.112 e. The fraction of sp³-hybridized carbons (Fsp3) is 0.812. The van der Waals surface area contributed by atoms with E-state index in [2.05, 4.69) is 50.0 Å². The van der Waals surface area contributed by atoms with Crippen molar-refractivity contribution < 1.29 is 0 Å². The molecule has 0 bridgehead atoms. The monoisotopic (exact) mass is 310 g/mol. The van der Waals surface area contributed by atoms with Crippen LogP contribution in [0, 0.1) is 6.92 Å².